The van der Waals surface area contributed by atoms with Gasteiger partial charge in [-0.2, -0.15) is 0 Å². The van der Waals surface area contributed by atoms with Crippen molar-refractivity contribution >= 4 is 40.6 Å². The number of carbonyl (C=O) groups is 3. The van der Waals surface area contributed by atoms with E-state index in [0.717, 1.165) is 11.3 Å². The Labute approximate surface area is 122 Å². The van der Waals surface area contributed by atoms with E-state index in [1.165, 1.54) is 6.07 Å². The molecular weight excluding hydrogens is 296 g/mol. The van der Waals surface area contributed by atoms with Crippen LogP contribution in [0.2, 0.25) is 0 Å². The van der Waals surface area contributed by atoms with Crippen molar-refractivity contribution in [2.24, 2.45) is 0 Å². The number of thiophene rings is 1. The van der Waals surface area contributed by atoms with Gasteiger partial charge in [0.25, 0.3) is 0 Å². The van der Waals surface area contributed by atoms with Gasteiger partial charge in [0.2, 0.25) is 0 Å². The first-order valence-corrected chi connectivity index (χ1v) is 6.47. The number of carboxylic acid groups (broad SMARTS) is 2. The van der Waals surface area contributed by atoms with Gasteiger partial charge in [0.15, 0.2) is 0 Å². The summed E-state index contributed by atoms with van der Waals surface area (Å²) in [4.78, 5) is 33.3. The quantitative estimate of drug-likeness (QED) is 0.504. The lowest BCUT2D eigenvalue weighted by atomic mass is 10.1. The summed E-state index contributed by atoms with van der Waals surface area (Å²) in [5, 5.41) is 19.7. The van der Waals surface area contributed by atoms with Gasteiger partial charge in [-0.05, 0) is 23.8 Å². The van der Waals surface area contributed by atoms with Gasteiger partial charge in [0.1, 0.15) is 4.88 Å². The lowest BCUT2D eigenvalue weighted by Crippen LogP contribution is -2.22. The smallest absolute Gasteiger partial charge is 0.394 e. The number of carbonyl (C=O) groups excluding carboxylic acids is 1. The van der Waals surface area contributed by atoms with Crippen LogP contribution in [0.15, 0.2) is 30.3 Å². The number of nitrogens with two attached hydrogens (primary N) is 1. The summed E-state index contributed by atoms with van der Waals surface area (Å²) >= 11 is 0.932. The molecule has 5 N–H and O–H groups in total. The molecule has 7 nitrogen and oxygen atoms in total. The molecule has 1 aromatic heterocycles. The Morgan fingerprint density at radius 1 is 1.10 bits per heavy atom. The predicted molar refractivity (Wildman–Crippen MR) is 77.4 cm³/mol. The summed E-state index contributed by atoms with van der Waals surface area (Å²) in [6.45, 7) is 0. The molecule has 21 heavy (non-hydrogen) atoms. The van der Waals surface area contributed by atoms with Crippen molar-refractivity contribution in [2.75, 3.05) is 11.1 Å². The minimum Gasteiger partial charge on any atom is -0.477 e. The van der Waals surface area contributed by atoms with E-state index in [9.17, 15) is 14.4 Å². The Balaban J connectivity index is 2.41. The summed E-state index contributed by atoms with van der Waals surface area (Å²) in [5.41, 5.74) is 6.80. The molecule has 0 aliphatic carbocycles. The fourth-order valence-corrected chi connectivity index (χ4v) is 2.57. The van der Waals surface area contributed by atoms with Crippen LogP contribution in [0.5, 0.6) is 0 Å². The van der Waals surface area contributed by atoms with E-state index in [-0.39, 0.29) is 10.6 Å². The second kappa shape index (κ2) is 5.63. The highest BCUT2D eigenvalue weighted by Gasteiger charge is 2.20. The number of anilines is 2. The van der Waals surface area contributed by atoms with Crippen molar-refractivity contribution in [3.63, 3.8) is 0 Å². The first kappa shape index (κ1) is 14.5. The minimum atomic E-state index is -1.69. The van der Waals surface area contributed by atoms with Crippen LogP contribution in [0.1, 0.15) is 9.67 Å². The third kappa shape index (κ3) is 3.18. The van der Waals surface area contributed by atoms with Crippen molar-refractivity contribution in [1.82, 2.24) is 0 Å². The first-order chi connectivity index (χ1) is 9.88. The number of nitrogen functional groups attached to an aromatic ring is 1. The van der Waals surface area contributed by atoms with Crippen LogP contribution < -0.4 is 11.1 Å². The van der Waals surface area contributed by atoms with Crippen LogP contribution in [-0.4, -0.2) is 28.1 Å². The van der Waals surface area contributed by atoms with Crippen LogP contribution in [0, 0.1) is 0 Å². The number of hydrogen-bond acceptors (Lipinski definition) is 5. The van der Waals surface area contributed by atoms with Crippen LogP contribution in [-0.2, 0) is 9.59 Å². The van der Waals surface area contributed by atoms with Crippen LogP contribution >= 0.6 is 11.3 Å². The molecule has 2 aromatic rings. The fourth-order valence-electron chi connectivity index (χ4n) is 1.61. The number of benzene rings is 1. The molecule has 8 heteroatoms. The van der Waals surface area contributed by atoms with E-state index in [1.54, 1.807) is 24.3 Å². The summed E-state index contributed by atoms with van der Waals surface area (Å²) in [7, 11) is 0. The zero-order chi connectivity index (χ0) is 15.6. The second-order valence-electron chi connectivity index (χ2n) is 4.04. The SMILES string of the molecule is Nc1ccc(-c2cc(NC(=O)C(=O)O)c(C(=O)O)s2)cc1. The Morgan fingerprint density at radius 2 is 1.71 bits per heavy atom. The molecule has 0 aliphatic heterocycles. The largest absolute Gasteiger partial charge is 0.477 e. The molecule has 0 unspecified atom stereocenters. The zero-order valence-corrected chi connectivity index (χ0v) is 11.3. The van der Waals surface area contributed by atoms with E-state index >= 15 is 0 Å². The predicted octanol–water partition coefficient (Wildman–Crippen LogP) is 1.72. The Morgan fingerprint density at radius 3 is 2.24 bits per heavy atom. The maximum Gasteiger partial charge on any atom is 0.394 e. The minimum absolute atomic E-state index is 0.0493. The fraction of sp³-hybridized carbons (Fsp3) is 0. The normalized spacial score (nSPS) is 10.1. The molecule has 0 radical (unpaired) electrons. The van der Waals surface area contributed by atoms with Crippen molar-refractivity contribution < 1.29 is 24.6 Å². The third-order valence-electron chi connectivity index (χ3n) is 2.56. The molecule has 0 aliphatic rings. The number of nitrogens with one attached hydrogen (secondary N) is 1. The number of carboxylic acids is 2. The number of amides is 1. The molecule has 0 atom stereocenters. The average Bonchev–Trinajstić information content (AvgIpc) is 2.83. The number of aliphatic carboxylic acids is 1. The number of aromatic carboxylic acids is 1. The van der Waals surface area contributed by atoms with Gasteiger partial charge < -0.3 is 21.3 Å². The molecule has 0 saturated heterocycles. The maximum absolute atomic E-state index is 11.2. The van der Waals surface area contributed by atoms with Gasteiger partial charge in [-0.25, -0.2) is 9.59 Å². The van der Waals surface area contributed by atoms with E-state index < -0.39 is 17.8 Å². The monoisotopic (exact) mass is 306 g/mol. The third-order valence-corrected chi connectivity index (χ3v) is 3.74. The van der Waals surface area contributed by atoms with Gasteiger partial charge in [-0.15, -0.1) is 11.3 Å². The number of rotatable bonds is 3. The Bertz CT molecular complexity index is 721. The molecule has 0 saturated carbocycles. The van der Waals surface area contributed by atoms with E-state index in [2.05, 4.69) is 5.32 Å². The van der Waals surface area contributed by atoms with Crippen molar-refractivity contribution in [3.8, 4) is 10.4 Å². The highest BCUT2D eigenvalue weighted by Crippen LogP contribution is 2.35. The topological polar surface area (TPSA) is 130 Å². The second-order valence-corrected chi connectivity index (χ2v) is 5.09. The first-order valence-electron chi connectivity index (χ1n) is 5.66. The van der Waals surface area contributed by atoms with Gasteiger partial charge in [0, 0.05) is 10.6 Å². The van der Waals surface area contributed by atoms with Gasteiger partial charge in [-0.3, -0.25) is 4.79 Å². The molecule has 2 rings (SSSR count). The van der Waals surface area contributed by atoms with E-state index in [1.807, 2.05) is 0 Å². The van der Waals surface area contributed by atoms with E-state index in [4.69, 9.17) is 15.9 Å². The van der Waals surface area contributed by atoms with Crippen molar-refractivity contribution in [1.29, 1.82) is 0 Å². The lowest BCUT2D eigenvalue weighted by molar-refractivity contribution is -0.147. The molecule has 0 bridgehead atoms. The summed E-state index contributed by atoms with van der Waals surface area (Å²) in [6, 6.07) is 8.14. The standard InChI is InChI=1S/C13H10N2O5S/c14-7-3-1-6(2-4-7)9-5-8(10(21-9)12(17)18)15-11(16)13(19)20/h1-5H,14H2,(H,15,16)(H,17,18)(H,19,20). The molecule has 1 amide bonds. The highest BCUT2D eigenvalue weighted by molar-refractivity contribution is 7.18. The average molecular weight is 306 g/mol. The van der Waals surface area contributed by atoms with E-state index in [0.29, 0.717) is 16.1 Å². The highest BCUT2D eigenvalue weighted by atomic mass is 32.1. The molecule has 1 aromatic carbocycles. The van der Waals surface area contributed by atoms with Crippen LogP contribution in [0.3, 0.4) is 0 Å². The van der Waals surface area contributed by atoms with Crippen LogP contribution in [0.25, 0.3) is 10.4 Å². The Kier molecular flexibility index (Phi) is 3.90. The summed E-state index contributed by atoms with van der Waals surface area (Å²) in [6.07, 6.45) is 0. The van der Waals surface area contributed by atoms with Gasteiger partial charge >= 0.3 is 17.8 Å². The molecule has 1 heterocycles. The Hall–Kier alpha value is -2.87. The number of hydrogen-bond donors (Lipinski definition) is 4. The van der Waals surface area contributed by atoms with Crippen LogP contribution in [0.4, 0.5) is 11.4 Å². The maximum atomic E-state index is 11.2. The van der Waals surface area contributed by atoms with Crippen molar-refractivity contribution in [3.05, 3.63) is 35.2 Å². The van der Waals surface area contributed by atoms with Gasteiger partial charge in [-0.1, -0.05) is 12.1 Å². The lowest BCUT2D eigenvalue weighted by Gasteiger charge is -1.99. The molecule has 0 fully saturated rings. The summed E-state index contributed by atoms with van der Waals surface area (Å²) in [5.74, 6) is -4.23. The molecule has 0 spiro atoms. The molecular formula is C13H10N2O5S. The zero-order valence-electron chi connectivity index (χ0n) is 10.5. The molecule has 108 valence electrons. The summed E-state index contributed by atoms with van der Waals surface area (Å²) < 4.78 is 0. The van der Waals surface area contributed by atoms with Crippen molar-refractivity contribution in [2.45, 2.75) is 0 Å². The van der Waals surface area contributed by atoms with Gasteiger partial charge in [0.05, 0.1) is 5.69 Å².